The van der Waals surface area contributed by atoms with Crippen molar-refractivity contribution in [2.24, 2.45) is 5.73 Å². The smallest absolute Gasteiger partial charge is 0.194 e. The van der Waals surface area contributed by atoms with Crippen molar-refractivity contribution in [2.45, 2.75) is 31.7 Å². The molecule has 106 valence electrons. The first-order valence-electron chi connectivity index (χ1n) is 6.72. The zero-order valence-electron chi connectivity index (χ0n) is 10.8. The number of nitrogens with zero attached hydrogens (tertiary/aromatic N) is 1. The molecule has 2 N–H and O–H groups in total. The van der Waals surface area contributed by atoms with Crippen LogP contribution < -0.4 is 5.73 Å². The molecule has 1 unspecified atom stereocenters. The van der Waals surface area contributed by atoms with E-state index in [0.29, 0.717) is 5.56 Å². The molecule has 0 amide bonds. The van der Waals surface area contributed by atoms with Crippen LogP contribution in [0.1, 0.15) is 37.3 Å². The van der Waals surface area contributed by atoms with Gasteiger partial charge in [-0.25, -0.2) is 13.2 Å². The summed E-state index contributed by atoms with van der Waals surface area (Å²) in [5, 5.41) is 0. The molecule has 0 aliphatic carbocycles. The normalized spacial score (nSPS) is 19.2. The summed E-state index contributed by atoms with van der Waals surface area (Å²) in [4.78, 5) is 2.14. The van der Waals surface area contributed by atoms with E-state index in [1.54, 1.807) is 0 Å². The standard InChI is InChI=1S/C14H19F3N2/c15-11-7-10(8-12(16)14(11)17)13(9-18)19-5-3-1-2-4-6-19/h7-8,13H,1-6,9,18H2. The summed E-state index contributed by atoms with van der Waals surface area (Å²) in [6.07, 6.45) is 4.45. The van der Waals surface area contributed by atoms with Crippen LogP contribution in [0, 0.1) is 17.5 Å². The Morgan fingerprint density at radius 3 is 2.00 bits per heavy atom. The van der Waals surface area contributed by atoms with Crippen molar-refractivity contribution in [1.82, 2.24) is 4.90 Å². The third-order valence-corrected chi connectivity index (χ3v) is 3.70. The maximum absolute atomic E-state index is 13.3. The van der Waals surface area contributed by atoms with E-state index in [0.717, 1.165) is 38.1 Å². The molecule has 0 radical (unpaired) electrons. The SMILES string of the molecule is NCC(c1cc(F)c(F)c(F)c1)N1CCCCCC1. The van der Waals surface area contributed by atoms with Crippen molar-refractivity contribution in [1.29, 1.82) is 0 Å². The molecule has 1 aromatic carbocycles. The number of halogens is 3. The van der Waals surface area contributed by atoms with Gasteiger partial charge in [-0.1, -0.05) is 12.8 Å². The van der Waals surface area contributed by atoms with E-state index < -0.39 is 17.5 Å². The van der Waals surface area contributed by atoms with Gasteiger partial charge in [-0.05, 0) is 43.6 Å². The van der Waals surface area contributed by atoms with Crippen molar-refractivity contribution in [3.05, 3.63) is 35.1 Å². The van der Waals surface area contributed by atoms with Gasteiger partial charge in [-0.2, -0.15) is 0 Å². The summed E-state index contributed by atoms with van der Waals surface area (Å²) in [7, 11) is 0. The van der Waals surface area contributed by atoms with E-state index in [-0.39, 0.29) is 12.6 Å². The van der Waals surface area contributed by atoms with Crippen molar-refractivity contribution in [3.8, 4) is 0 Å². The predicted octanol–water partition coefficient (Wildman–Crippen LogP) is 2.98. The van der Waals surface area contributed by atoms with Crippen LogP contribution in [0.4, 0.5) is 13.2 Å². The second-order valence-electron chi connectivity index (χ2n) is 5.00. The quantitative estimate of drug-likeness (QED) is 0.857. The highest BCUT2D eigenvalue weighted by molar-refractivity contribution is 5.23. The van der Waals surface area contributed by atoms with Crippen LogP contribution in [-0.2, 0) is 0 Å². The van der Waals surface area contributed by atoms with Crippen molar-refractivity contribution in [2.75, 3.05) is 19.6 Å². The van der Waals surface area contributed by atoms with Crippen LogP contribution >= 0.6 is 0 Å². The van der Waals surface area contributed by atoms with Gasteiger partial charge >= 0.3 is 0 Å². The van der Waals surface area contributed by atoms with Crippen LogP contribution in [0.2, 0.25) is 0 Å². The van der Waals surface area contributed by atoms with Crippen molar-refractivity contribution >= 4 is 0 Å². The second kappa shape index (κ2) is 6.39. The minimum atomic E-state index is -1.42. The molecule has 1 aliphatic heterocycles. The molecule has 0 saturated carbocycles. The number of rotatable bonds is 3. The van der Waals surface area contributed by atoms with E-state index in [1.807, 2.05) is 0 Å². The lowest BCUT2D eigenvalue weighted by atomic mass is 10.0. The molecule has 19 heavy (non-hydrogen) atoms. The lowest BCUT2D eigenvalue weighted by Gasteiger charge is -2.30. The van der Waals surface area contributed by atoms with Crippen LogP contribution in [-0.4, -0.2) is 24.5 Å². The minimum Gasteiger partial charge on any atom is -0.329 e. The minimum absolute atomic E-state index is 0.248. The summed E-state index contributed by atoms with van der Waals surface area (Å²) < 4.78 is 39.6. The Hall–Kier alpha value is -1.07. The number of likely N-dealkylation sites (tertiary alicyclic amines) is 1. The third-order valence-electron chi connectivity index (χ3n) is 3.70. The van der Waals surface area contributed by atoms with Gasteiger partial charge in [0.15, 0.2) is 17.5 Å². The Morgan fingerprint density at radius 2 is 1.53 bits per heavy atom. The molecular formula is C14H19F3N2. The van der Waals surface area contributed by atoms with Gasteiger partial charge < -0.3 is 5.73 Å². The summed E-state index contributed by atoms with van der Waals surface area (Å²) in [5.74, 6) is -3.72. The van der Waals surface area contributed by atoms with Gasteiger partial charge in [0.05, 0.1) is 0 Å². The summed E-state index contributed by atoms with van der Waals surface area (Å²) in [6.45, 7) is 2.00. The van der Waals surface area contributed by atoms with E-state index in [9.17, 15) is 13.2 Å². The first-order valence-corrected chi connectivity index (χ1v) is 6.72. The fraction of sp³-hybridized carbons (Fsp3) is 0.571. The fourth-order valence-electron chi connectivity index (χ4n) is 2.67. The Bertz CT molecular complexity index is 406. The molecule has 1 aliphatic rings. The van der Waals surface area contributed by atoms with Crippen molar-refractivity contribution < 1.29 is 13.2 Å². The van der Waals surface area contributed by atoms with E-state index in [4.69, 9.17) is 5.73 Å². The maximum atomic E-state index is 13.3. The largest absolute Gasteiger partial charge is 0.329 e. The topological polar surface area (TPSA) is 29.3 Å². The lowest BCUT2D eigenvalue weighted by Crippen LogP contribution is -2.34. The van der Waals surface area contributed by atoms with Crippen LogP contribution in [0.3, 0.4) is 0 Å². The highest BCUT2D eigenvalue weighted by Crippen LogP contribution is 2.26. The maximum Gasteiger partial charge on any atom is 0.194 e. The summed E-state index contributed by atoms with van der Waals surface area (Å²) in [6, 6.07) is 1.87. The van der Waals surface area contributed by atoms with Gasteiger partial charge in [0, 0.05) is 12.6 Å². The first kappa shape index (κ1) is 14.3. The van der Waals surface area contributed by atoms with Gasteiger partial charge in [0.25, 0.3) is 0 Å². The fourth-order valence-corrected chi connectivity index (χ4v) is 2.67. The Balaban J connectivity index is 2.25. The van der Waals surface area contributed by atoms with Gasteiger partial charge in [-0.3, -0.25) is 4.90 Å². The zero-order chi connectivity index (χ0) is 13.8. The second-order valence-corrected chi connectivity index (χ2v) is 5.00. The monoisotopic (exact) mass is 272 g/mol. The molecule has 0 spiro atoms. The van der Waals surface area contributed by atoms with E-state index in [2.05, 4.69) is 4.90 Å². The van der Waals surface area contributed by atoms with Crippen LogP contribution in [0.5, 0.6) is 0 Å². The molecule has 1 atom stereocenters. The van der Waals surface area contributed by atoms with Gasteiger partial charge in [-0.15, -0.1) is 0 Å². The third kappa shape index (κ3) is 3.28. The predicted molar refractivity (Wildman–Crippen MR) is 68.2 cm³/mol. The Labute approximate surface area is 111 Å². The Morgan fingerprint density at radius 1 is 1.00 bits per heavy atom. The number of benzene rings is 1. The highest BCUT2D eigenvalue weighted by atomic mass is 19.2. The number of hydrogen-bond acceptors (Lipinski definition) is 2. The molecule has 1 fully saturated rings. The average molecular weight is 272 g/mol. The van der Waals surface area contributed by atoms with Crippen LogP contribution in [0.15, 0.2) is 12.1 Å². The number of hydrogen-bond donors (Lipinski definition) is 1. The highest BCUT2D eigenvalue weighted by Gasteiger charge is 2.22. The van der Waals surface area contributed by atoms with Gasteiger partial charge in [0.1, 0.15) is 0 Å². The lowest BCUT2D eigenvalue weighted by molar-refractivity contribution is 0.208. The zero-order valence-corrected chi connectivity index (χ0v) is 10.8. The van der Waals surface area contributed by atoms with Crippen molar-refractivity contribution in [3.63, 3.8) is 0 Å². The molecule has 2 rings (SSSR count). The molecule has 2 nitrogen and oxygen atoms in total. The summed E-state index contributed by atoms with van der Waals surface area (Å²) >= 11 is 0. The molecule has 1 saturated heterocycles. The van der Waals surface area contributed by atoms with Gasteiger partial charge in [0.2, 0.25) is 0 Å². The molecule has 0 bridgehead atoms. The first-order chi connectivity index (χ1) is 9.13. The van der Waals surface area contributed by atoms with E-state index >= 15 is 0 Å². The average Bonchev–Trinajstić information content (AvgIpc) is 2.66. The molecule has 1 heterocycles. The molecular weight excluding hydrogens is 253 g/mol. The molecule has 5 heteroatoms. The van der Waals surface area contributed by atoms with Crippen LogP contribution in [0.25, 0.3) is 0 Å². The summed E-state index contributed by atoms with van der Waals surface area (Å²) in [5.41, 5.74) is 6.16. The molecule has 1 aromatic rings. The van der Waals surface area contributed by atoms with E-state index in [1.165, 1.54) is 12.8 Å². The Kier molecular flexibility index (Phi) is 4.82. The number of nitrogens with two attached hydrogens (primary N) is 1. The molecule has 0 aromatic heterocycles.